The van der Waals surface area contributed by atoms with Gasteiger partial charge in [0.05, 0.1) is 10.3 Å². The molecule has 1 aliphatic rings. The number of anilines is 2. The molecule has 2 aromatic heterocycles. The third-order valence-electron chi connectivity index (χ3n) is 5.34. The van der Waals surface area contributed by atoms with Crippen LogP contribution in [-0.4, -0.2) is 54.0 Å². The number of hydrogen-bond acceptors (Lipinski definition) is 6. The molecular formula is C21H25N5OS. The molecule has 0 spiro atoms. The summed E-state index contributed by atoms with van der Waals surface area (Å²) in [6.45, 7) is 8.00. The van der Waals surface area contributed by atoms with E-state index in [9.17, 15) is 4.79 Å². The lowest BCUT2D eigenvalue weighted by atomic mass is 10.1. The van der Waals surface area contributed by atoms with Gasteiger partial charge in [-0.15, -0.1) is 11.3 Å². The van der Waals surface area contributed by atoms with Crippen molar-refractivity contribution in [3.8, 4) is 0 Å². The summed E-state index contributed by atoms with van der Waals surface area (Å²) in [5.41, 5.74) is 3.02. The molecule has 3 aromatic rings. The van der Waals surface area contributed by atoms with Crippen LogP contribution in [0.25, 0.3) is 10.2 Å². The number of likely N-dealkylation sites (N-methyl/N-ethyl adjacent to an activating group) is 1. The molecule has 1 fully saturated rings. The Labute approximate surface area is 169 Å². The summed E-state index contributed by atoms with van der Waals surface area (Å²) in [4.78, 5) is 28.1. The van der Waals surface area contributed by atoms with E-state index in [1.165, 1.54) is 16.9 Å². The molecule has 3 heterocycles. The van der Waals surface area contributed by atoms with Gasteiger partial charge in [-0.3, -0.25) is 4.79 Å². The highest BCUT2D eigenvalue weighted by Crippen LogP contribution is 2.35. The molecule has 0 aliphatic carbocycles. The van der Waals surface area contributed by atoms with Crippen molar-refractivity contribution in [1.82, 2.24) is 14.9 Å². The van der Waals surface area contributed by atoms with Crippen molar-refractivity contribution in [3.05, 3.63) is 46.6 Å². The van der Waals surface area contributed by atoms with Gasteiger partial charge < -0.3 is 15.1 Å². The van der Waals surface area contributed by atoms with E-state index in [1.54, 1.807) is 6.33 Å². The minimum absolute atomic E-state index is 0.0888. The van der Waals surface area contributed by atoms with Gasteiger partial charge in [-0.2, -0.15) is 0 Å². The van der Waals surface area contributed by atoms with E-state index < -0.39 is 0 Å². The molecule has 4 rings (SSSR count). The molecule has 0 bridgehead atoms. The SMILES string of the molecule is CCc1ccc(NC(=O)c2sc3ncnc(N4CCN(C)CC4)c3c2C)cc1. The summed E-state index contributed by atoms with van der Waals surface area (Å²) < 4.78 is 0. The molecule has 0 saturated carbocycles. The summed E-state index contributed by atoms with van der Waals surface area (Å²) in [7, 11) is 2.14. The maximum absolute atomic E-state index is 12.9. The second kappa shape index (κ2) is 7.85. The Balaban J connectivity index is 1.63. The Kier molecular flexibility index (Phi) is 5.28. The molecule has 0 atom stereocenters. The number of thiophene rings is 1. The van der Waals surface area contributed by atoms with Crippen LogP contribution < -0.4 is 10.2 Å². The third-order valence-corrected chi connectivity index (χ3v) is 6.53. The maximum Gasteiger partial charge on any atom is 0.266 e. The highest BCUT2D eigenvalue weighted by Gasteiger charge is 2.23. The first kappa shape index (κ1) is 18.8. The molecule has 6 nitrogen and oxygen atoms in total. The van der Waals surface area contributed by atoms with Crippen LogP contribution >= 0.6 is 11.3 Å². The molecule has 146 valence electrons. The molecule has 7 heteroatoms. The van der Waals surface area contributed by atoms with E-state index in [2.05, 4.69) is 39.1 Å². The Bertz CT molecular complexity index is 990. The average Bonchev–Trinajstić information content (AvgIpc) is 3.06. The number of carbonyl (C=O) groups is 1. The largest absolute Gasteiger partial charge is 0.353 e. The van der Waals surface area contributed by atoms with E-state index in [0.29, 0.717) is 4.88 Å². The topological polar surface area (TPSA) is 61.4 Å². The number of rotatable bonds is 4. The minimum Gasteiger partial charge on any atom is -0.353 e. The number of benzene rings is 1. The predicted octanol–water partition coefficient (Wildman–Crippen LogP) is 3.57. The van der Waals surface area contributed by atoms with Gasteiger partial charge in [-0.1, -0.05) is 19.1 Å². The Morgan fingerprint density at radius 3 is 2.54 bits per heavy atom. The van der Waals surface area contributed by atoms with Crippen LogP contribution in [0.2, 0.25) is 0 Å². The standard InChI is InChI=1S/C21H25N5OS/c1-4-15-5-7-16(8-6-15)24-20(27)18-14(2)17-19(22-13-23-21(17)28-18)26-11-9-25(3)10-12-26/h5-8,13H,4,9-12H2,1-3H3,(H,24,27). The quantitative estimate of drug-likeness (QED) is 0.732. The molecule has 0 radical (unpaired) electrons. The van der Waals surface area contributed by atoms with Crippen molar-refractivity contribution in [2.75, 3.05) is 43.4 Å². The number of hydrogen-bond donors (Lipinski definition) is 1. The van der Waals surface area contributed by atoms with Crippen molar-refractivity contribution in [3.63, 3.8) is 0 Å². The van der Waals surface area contributed by atoms with Gasteiger partial charge in [-0.05, 0) is 43.7 Å². The van der Waals surface area contributed by atoms with Gasteiger partial charge in [0.15, 0.2) is 0 Å². The average molecular weight is 396 g/mol. The predicted molar refractivity (Wildman–Crippen MR) is 116 cm³/mol. The molecule has 1 N–H and O–H groups in total. The van der Waals surface area contributed by atoms with Crippen molar-refractivity contribution < 1.29 is 4.79 Å². The fourth-order valence-corrected chi connectivity index (χ4v) is 4.58. The molecule has 0 unspecified atom stereocenters. The first-order valence-corrected chi connectivity index (χ1v) is 10.5. The van der Waals surface area contributed by atoms with Gasteiger partial charge in [0.2, 0.25) is 0 Å². The van der Waals surface area contributed by atoms with Crippen molar-refractivity contribution in [2.24, 2.45) is 0 Å². The van der Waals surface area contributed by atoms with Gasteiger partial charge >= 0.3 is 0 Å². The number of nitrogens with one attached hydrogen (secondary N) is 1. The fourth-order valence-electron chi connectivity index (χ4n) is 3.54. The van der Waals surface area contributed by atoms with Crippen molar-refractivity contribution in [1.29, 1.82) is 0 Å². The van der Waals surface area contributed by atoms with Gasteiger partial charge in [0.1, 0.15) is 17.0 Å². The first-order chi connectivity index (χ1) is 13.6. The zero-order chi connectivity index (χ0) is 19.7. The van der Waals surface area contributed by atoms with Crippen LogP contribution in [0.5, 0.6) is 0 Å². The number of carbonyl (C=O) groups excluding carboxylic acids is 1. The first-order valence-electron chi connectivity index (χ1n) is 9.64. The number of aryl methyl sites for hydroxylation is 2. The Hall–Kier alpha value is -2.51. The number of piperazine rings is 1. The van der Waals surface area contributed by atoms with Crippen LogP contribution in [0, 0.1) is 6.92 Å². The third kappa shape index (κ3) is 3.59. The van der Waals surface area contributed by atoms with E-state index in [4.69, 9.17) is 0 Å². The zero-order valence-corrected chi connectivity index (χ0v) is 17.3. The summed E-state index contributed by atoms with van der Waals surface area (Å²) in [6.07, 6.45) is 2.59. The highest BCUT2D eigenvalue weighted by molar-refractivity contribution is 7.20. The lowest BCUT2D eigenvalue weighted by molar-refractivity contribution is 0.103. The van der Waals surface area contributed by atoms with Crippen LogP contribution in [0.15, 0.2) is 30.6 Å². The lowest BCUT2D eigenvalue weighted by Gasteiger charge is -2.33. The van der Waals surface area contributed by atoms with Gasteiger partial charge in [-0.25, -0.2) is 9.97 Å². The lowest BCUT2D eigenvalue weighted by Crippen LogP contribution is -2.44. The number of fused-ring (bicyclic) bond motifs is 1. The van der Waals surface area contributed by atoms with Crippen molar-refractivity contribution in [2.45, 2.75) is 20.3 Å². The van der Waals surface area contributed by atoms with Gasteiger partial charge in [0.25, 0.3) is 5.91 Å². The van der Waals surface area contributed by atoms with E-state index in [-0.39, 0.29) is 5.91 Å². The van der Waals surface area contributed by atoms with Crippen molar-refractivity contribution >= 4 is 39.0 Å². The van der Waals surface area contributed by atoms with E-state index in [1.807, 2.05) is 31.2 Å². The number of aromatic nitrogens is 2. The summed E-state index contributed by atoms with van der Waals surface area (Å²) >= 11 is 1.44. The number of amides is 1. The molecule has 28 heavy (non-hydrogen) atoms. The summed E-state index contributed by atoms with van der Waals surface area (Å²) in [6, 6.07) is 8.00. The van der Waals surface area contributed by atoms with Crippen LogP contribution in [0.3, 0.4) is 0 Å². The molecule has 1 saturated heterocycles. The molecule has 1 aromatic carbocycles. The van der Waals surface area contributed by atoms with Crippen LogP contribution in [0.1, 0.15) is 27.7 Å². The second-order valence-electron chi connectivity index (χ2n) is 7.23. The zero-order valence-electron chi connectivity index (χ0n) is 16.5. The molecule has 1 amide bonds. The summed E-state index contributed by atoms with van der Waals surface area (Å²) in [5, 5.41) is 4.02. The smallest absolute Gasteiger partial charge is 0.266 e. The Morgan fingerprint density at radius 2 is 1.86 bits per heavy atom. The number of nitrogens with zero attached hydrogens (tertiary/aromatic N) is 4. The van der Waals surface area contributed by atoms with E-state index >= 15 is 0 Å². The minimum atomic E-state index is -0.0888. The summed E-state index contributed by atoms with van der Waals surface area (Å²) in [5.74, 6) is 0.854. The maximum atomic E-state index is 12.9. The van der Waals surface area contributed by atoms with Gasteiger partial charge in [0, 0.05) is 31.9 Å². The Morgan fingerprint density at radius 1 is 1.14 bits per heavy atom. The normalized spacial score (nSPS) is 15.2. The second-order valence-corrected chi connectivity index (χ2v) is 8.23. The molecular weight excluding hydrogens is 370 g/mol. The van der Waals surface area contributed by atoms with Crippen LogP contribution in [-0.2, 0) is 6.42 Å². The van der Waals surface area contributed by atoms with E-state index in [0.717, 1.165) is 59.9 Å². The monoisotopic (exact) mass is 395 g/mol. The molecule has 1 aliphatic heterocycles. The van der Waals surface area contributed by atoms with Crippen LogP contribution in [0.4, 0.5) is 11.5 Å². The highest BCUT2D eigenvalue weighted by atomic mass is 32.1. The fraction of sp³-hybridized carbons (Fsp3) is 0.381.